The van der Waals surface area contributed by atoms with Crippen LogP contribution in [0.2, 0.25) is 0 Å². The van der Waals surface area contributed by atoms with Gasteiger partial charge in [-0.15, -0.1) is 0 Å². The van der Waals surface area contributed by atoms with E-state index in [1.807, 2.05) is 0 Å². The summed E-state index contributed by atoms with van der Waals surface area (Å²) in [5, 5.41) is 10.6. The van der Waals surface area contributed by atoms with E-state index in [0.717, 1.165) is 108 Å². The van der Waals surface area contributed by atoms with Crippen molar-refractivity contribution in [1.29, 1.82) is 0 Å². The SMILES string of the molecule is CCCCCCCCCCCCCCC(=O)O[C@H](COC(=O)CCCCCCCCC(C)C)COP(=O)(O)OC[C@H](O)COP(=O)(O)OC[C@@H](COC(=O)CCCCCCCCCCC(C)CC)OC(=O)CCCCCCCCCCCCC(C)CC. The summed E-state index contributed by atoms with van der Waals surface area (Å²) >= 11 is 0. The molecular formula is C68H132O17P2. The lowest BCUT2D eigenvalue weighted by Gasteiger charge is -2.21. The number of aliphatic hydroxyl groups excluding tert-OH is 1. The summed E-state index contributed by atoms with van der Waals surface area (Å²) in [7, 11) is -9.90. The number of carbonyl (C=O) groups excluding carboxylic acids is 4. The van der Waals surface area contributed by atoms with Gasteiger partial charge in [0.05, 0.1) is 26.4 Å². The Labute approximate surface area is 530 Å². The van der Waals surface area contributed by atoms with E-state index >= 15 is 0 Å². The number of unbranched alkanes of at least 4 members (excludes halogenated alkanes) is 32. The van der Waals surface area contributed by atoms with E-state index in [1.165, 1.54) is 141 Å². The second-order valence-electron chi connectivity index (χ2n) is 25.5. The fourth-order valence-electron chi connectivity index (χ4n) is 10.1. The van der Waals surface area contributed by atoms with E-state index < -0.39 is 97.5 Å². The normalized spacial score (nSPS) is 14.9. The number of hydrogen-bond donors (Lipinski definition) is 3. The van der Waals surface area contributed by atoms with Crippen LogP contribution in [-0.4, -0.2) is 96.7 Å². The van der Waals surface area contributed by atoms with Crippen molar-refractivity contribution < 1.29 is 80.2 Å². The van der Waals surface area contributed by atoms with Crippen molar-refractivity contribution in [2.24, 2.45) is 17.8 Å². The van der Waals surface area contributed by atoms with Gasteiger partial charge in [-0.3, -0.25) is 37.3 Å². The fourth-order valence-corrected chi connectivity index (χ4v) is 11.7. The van der Waals surface area contributed by atoms with Crippen LogP contribution in [0.5, 0.6) is 0 Å². The minimum atomic E-state index is -4.95. The molecule has 7 atom stereocenters. The number of ether oxygens (including phenoxy) is 4. The van der Waals surface area contributed by atoms with Gasteiger partial charge in [0.2, 0.25) is 0 Å². The van der Waals surface area contributed by atoms with Crippen LogP contribution in [0.4, 0.5) is 0 Å². The molecule has 0 saturated carbocycles. The third-order valence-corrected chi connectivity index (χ3v) is 18.3. The molecule has 19 heteroatoms. The van der Waals surface area contributed by atoms with Crippen molar-refractivity contribution in [3.63, 3.8) is 0 Å². The Balaban J connectivity index is 5.26. The maximum absolute atomic E-state index is 13.0. The number of rotatable bonds is 66. The molecule has 0 aromatic carbocycles. The van der Waals surface area contributed by atoms with Gasteiger partial charge in [-0.1, -0.05) is 286 Å². The minimum absolute atomic E-state index is 0.105. The molecule has 3 N–H and O–H groups in total. The second-order valence-corrected chi connectivity index (χ2v) is 28.4. The summed E-state index contributed by atoms with van der Waals surface area (Å²) in [4.78, 5) is 72.4. The highest BCUT2D eigenvalue weighted by molar-refractivity contribution is 7.47. The maximum Gasteiger partial charge on any atom is 0.472 e. The Morgan fingerprint density at radius 3 is 0.874 bits per heavy atom. The molecule has 0 aromatic heterocycles. The number of phosphoric acid groups is 2. The highest BCUT2D eigenvalue weighted by Crippen LogP contribution is 2.45. The number of aliphatic hydroxyl groups is 1. The minimum Gasteiger partial charge on any atom is -0.462 e. The first-order valence-electron chi connectivity index (χ1n) is 35.4. The van der Waals surface area contributed by atoms with Crippen LogP contribution in [-0.2, 0) is 65.4 Å². The standard InChI is InChI=1S/C68H132O17P2/c1-8-11-12-13-14-15-16-17-21-28-37-44-51-67(72)85-64(56-79-66(71)50-43-36-31-30-32-39-46-59(4)5)58-83-87(76,77)81-54-62(69)53-80-86(74,75)82-57-63(55-78-65(70)49-42-35-27-24-23-26-34-41-48-61(7)10-3)84-68(73)52-45-38-29-22-19-18-20-25-33-40-47-60(6)9-2/h59-64,69H,8-58H2,1-7H3,(H,74,75)(H,76,77)/t60?,61?,62-,63-,64-/m1/s1. The first kappa shape index (κ1) is 85.1. The van der Waals surface area contributed by atoms with E-state index in [-0.39, 0.29) is 25.7 Å². The van der Waals surface area contributed by atoms with E-state index in [4.69, 9.17) is 37.0 Å². The van der Waals surface area contributed by atoms with Crippen molar-refractivity contribution >= 4 is 39.5 Å². The van der Waals surface area contributed by atoms with Crippen molar-refractivity contribution in [2.75, 3.05) is 39.6 Å². The monoisotopic (exact) mass is 1280 g/mol. The van der Waals surface area contributed by atoms with Crippen molar-refractivity contribution in [3.05, 3.63) is 0 Å². The Kier molecular flexibility index (Phi) is 57.8. The van der Waals surface area contributed by atoms with Crippen molar-refractivity contribution in [3.8, 4) is 0 Å². The lowest BCUT2D eigenvalue weighted by atomic mass is 9.99. The summed E-state index contributed by atoms with van der Waals surface area (Å²) in [6.45, 7) is 11.8. The first-order chi connectivity index (χ1) is 41.8. The van der Waals surface area contributed by atoms with Crippen LogP contribution in [0.3, 0.4) is 0 Å². The number of hydrogen-bond acceptors (Lipinski definition) is 15. The topological polar surface area (TPSA) is 237 Å². The van der Waals surface area contributed by atoms with Gasteiger partial charge in [0.1, 0.15) is 19.3 Å². The third kappa shape index (κ3) is 60.1. The molecule has 0 spiro atoms. The number of carbonyl (C=O) groups is 4. The summed E-state index contributed by atoms with van der Waals surface area (Å²) in [6, 6.07) is 0. The molecule has 87 heavy (non-hydrogen) atoms. The highest BCUT2D eigenvalue weighted by Gasteiger charge is 2.30. The van der Waals surface area contributed by atoms with Crippen LogP contribution >= 0.6 is 15.6 Å². The summed E-state index contributed by atoms with van der Waals surface area (Å²) in [5.74, 6) is 0.130. The van der Waals surface area contributed by atoms with Crippen LogP contribution in [0.15, 0.2) is 0 Å². The molecule has 4 unspecified atom stereocenters. The number of phosphoric ester groups is 2. The van der Waals surface area contributed by atoms with Crippen LogP contribution < -0.4 is 0 Å². The third-order valence-electron chi connectivity index (χ3n) is 16.4. The molecular weight excluding hydrogens is 1150 g/mol. The Morgan fingerprint density at radius 2 is 0.586 bits per heavy atom. The van der Waals surface area contributed by atoms with Gasteiger partial charge in [-0.05, 0) is 43.4 Å². The second kappa shape index (κ2) is 59.1. The van der Waals surface area contributed by atoms with Crippen molar-refractivity contribution in [2.45, 2.75) is 356 Å². The van der Waals surface area contributed by atoms with E-state index in [2.05, 4.69) is 48.5 Å². The quantitative estimate of drug-likeness (QED) is 0.0222. The molecule has 0 rings (SSSR count). The zero-order valence-corrected chi connectivity index (χ0v) is 58.3. The van der Waals surface area contributed by atoms with Crippen LogP contribution in [0, 0.1) is 17.8 Å². The molecule has 516 valence electrons. The first-order valence-corrected chi connectivity index (χ1v) is 38.4. The fraction of sp³-hybridized carbons (Fsp3) is 0.941. The molecule has 0 fully saturated rings. The molecule has 0 aromatic rings. The lowest BCUT2D eigenvalue weighted by molar-refractivity contribution is -0.161. The van der Waals surface area contributed by atoms with Gasteiger partial charge < -0.3 is 33.8 Å². The largest absolute Gasteiger partial charge is 0.472 e. The van der Waals surface area contributed by atoms with Gasteiger partial charge in [0.25, 0.3) is 0 Å². The molecule has 0 heterocycles. The van der Waals surface area contributed by atoms with Crippen LogP contribution in [0.25, 0.3) is 0 Å². The zero-order chi connectivity index (χ0) is 64.5. The lowest BCUT2D eigenvalue weighted by Crippen LogP contribution is -2.30. The summed E-state index contributed by atoms with van der Waals surface area (Å²) in [5.41, 5.74) is 0. The number of esters is 4. The van der Waals surface area contributed by atoms with Gasteiger partial charge in [0, 0.05) is 25.7 Å². The molecule has 0 aliphatic heterocycles. The van der Waals surface area contributed by atoms with Gasteiger partial charge >= 0.3 is 39.5 Å². The summed E-state index contributed by atoms with van der Waals surface area (Å²) < 4.78 is 68.2. The Bertz CT molecular complexity index is 1720. The Hall–Kier alpha value is -1.94. The van der Waals surface area contributed by atoms with E-state index in [0.29, 0.717) is 31.6 Å². The average molecular weight is 1280 g/mol. The molecule has 0 amide bonds. The predicted molar refractivity (Wildman–Crippen MR) is 349 cm³/mol. The smallest absolute Gasteiger partial charge is 0.462 e. The van der Waals surface area contributed by atoms with Crippen molar-refractivity contribution in [1.82, 2.24) is 0 Å². The van der Waals surface area contributed by atoms with Gasteiger partial charge in [0.15, 0.2) is 12.2 Å². The summed E-state index contributed by atoms with van der Waals surface area (Å²) in [6.07, 6.45) is 41.6. The van der Waals surface area contributed by atoms with Gasteiger partial charge in [-0.25, -0.2) is 9.13 Å². The average Bonchev–Trinajstić information content (AvgIpc) is 3.61. The predicted octanol–water partition coefficient (Wildman–Crippen LogP) is 19.1. The molecule has 17 nitrogen and oxygen atoms in total. The molecule has 0 saturated heterocycles. The Morgan fingerprint density at radius 1 is 0.333 bits per heavy atom. The zero-order valence-electron chi connectivity index (χ0n) is 56.5. The van der Waals surface area contributed by atoms with E-state index in [9.17, 15) is 43.2 Å². The molecule has 0 aliphatic carbocycles. The highest BCUT2D eigenvalue weighted by atomic mass is 31.2. The maximum atomic E-state index is 13.0. The molecule has 0 aliphatic rings. The van der Waals surface area contributed by atoms with Gasteiger partial charge in [-0.2, -0.15) is 0 Å². The molecule has 0 radical (unpaired) electrons. The van der Waals surface area contributed by atoms with Crippen LogP contribution in [0.1, 0.15) is 337 Å². The van der Waals surface area contributed by atoms with E-state index in [1.54, 1.807) is 0 Å². The molecule has 0 bridgehead atoms.